The molecule has 1 saturated heterocycles. The molecule has 3 aliphatic rings. The molecule has 0 bridgehead atoms. The van der Waals surface area contributed by atoms with Gasteiger partial charge in [-0.25, -0.2) is 0 Å². The molecule has 0 amide bonds. The van der Waals surface area contributed by atoms with Gasteiger partial charge < -0.3 is 34.6 Å². The van der Waals surface area contributed by atoms with Crippen LogP contribution < -0.4 is 4.74 Å². The van der Waals surface area contributed by atoms with Crippen LogP contribution in [0.15, 0.2) is 18.2 Å². The van der Waals surface area contributed by atoms with Crippen molar-refractivity contribution in [1.29, 1.82) is 0 Å². The average molecular weight is 555 g/mol. The molecular formula is C29H30O11. The number of carbonyl (C=O) groups excluding carboxylic acids is 4. The first kappa shape index (κ1) is 28.1. The Balaban J connectivity index is 1.72. The number of aliphatic hydroxyl groups excluding tert-OH is 2. The summed E-state index contributed by atoms with van der Waals surface area (Å²) < 4.78 is 17.2. The zero-order chi connectivity index (χ0) is 29.1. The first-order valence-corrected chi connectivity index (χ1v) is 13.0. The molecule has 40 heavy (non-hydrogen) atoms. The summed E-state index contributed by atoms with van der Waals surface area (Å²) in [4.78, 5) is 52.7. The van der Waals surface area contributed by atoms with Gasteiger partial charge in [-0.15, -0.1) is 0 Å². The molecule has 0 spiro atoms. The van der Waals surface area contributed by atoms with E-state index in [1.54, 1.807) is 13.8 Å². The Morgan fingerprint density at radius 3 is 2.52 bits per heavy atom. The van der Waals surface area contributed by atoms with E-state index in [-0.39, 0.29) is 51.5 Å². The Labute approximate surface area is 229 Å². The van der Waals surface area contributed by atoms with Gasteiger partial charge in [0, 0.05) is 41.5 Å². The van der Waals surface area contributed by atoms with Gasteiger partial charge in [-0.2, -0.15) is 0 Å². The lowest BCUT2D eigenvalue weighted by Gasteiger charge is -2.42. The summed E-state index contributed by atoms with van der Waals surface area (Å²) in [6.45, 7) is 2.45. The number of phenols is 1. The lowest BCUT2D eigenvalue weighted by Crippen LogP contribution is -2.49. The fraction of sp³-hybridized carbons (Fsp3) is 0.448. The molecule has 11 heteroatoms. The Hall–Kier alpha value is -3.48. The van der Waals surface area contributed by atoms with Gasteiger partial charge in [-0.3, -0.25) is 19.2 Å². The van der Waals surface area contributed by atoms with E-state index in [1.807, 2.05) is 0 Å². The second-order valence-corrected chi connectivity index (χ2v) is 10.7. The van der Waals surface area contributed by atoms with Gasteiger partial charge in [-0.1, -0.05) is 19.1 Å². The molecule has 2 aromatic rings. The molecule has 1 aliphatic heterocycles. The van der Waals surface area contributed by atoms with Gasteiger partial charge >= 0.3 is 0 Å². The Morgan fingerprint density at radius 1 is 1.18 bits per heavy atom. The maximum absolute atomic E-state index is 13.8. The van der Waals surface area contributed by atoms with Crippen molar-refractivity contribution < 1.29 is 53.8 Å². The number of carbonyl (C=O) groups is 4. The largest absolute Gasteiger partial charge is 0.507 e. The fourth-order valence-electron chi connectivity index (χ4n) is 6.14. The van der Waals surface area contributed by atoms with Gasteiger partial charge in [-0.05, 0) is 24.5 Å². The van der Waals surface area contributed by atoms with E-state index in [2.05, 4.69) is 0 Å². The number of aliphatic hydroxyl groups is 3. The van der Waals surface area contributed by atoms with E-state index in [4.69, 9.17) is 14.2 Å². The number of benzene rings is 2. The van der Waals surface area contributed by atoms with Crippen molar-refractivity contribution in [3.8, 4) is 11.5 Å². The summed E-state index contributed by atoms with van der Waals surface area (Å²) in [5, 5.41) is 42.8. The highest BCUT2D eigenvalue weighted by Crippen LogP contribution is 2.50. The van der Waals surface area contributed by atoms with Gasteiger partial charge in [0.25, 0.3) is 0 Å². The highest BCUT2D eigenvalue weighted by Gasteiger charge is 2.49. The molecule has 5 rings (SSSR count). The Bertz CT molecular complexity index is 1420. The number of rotatable bonds is 6. The molecule has 2 aromatic carbocycles. The van der Waals surface area contributed by atoms with E-state index in [0.29, 0.717) is 6.29 Å². The lowest BCUT2D eigenvalue weighted by molar-refractivity contribution is -0.255. The maximum atomic E-state index is 13.8. The minimum atomic E-state index is -2.21. The van der Waals surface area contributed by atoms with Crippen molar-refractivity contribution in [2.45, 2.75) is 63.3 Å². The molecule has 4 N–H and O–H groups in total. The van der Waals surface area contributed by atoms with Crippen LogP contribution in [-0.4, -0.2) is 81.9 Å². The molecule has 2 aliphatic carbocycles. The standard InChI is InChI=1S/C29H30O11/c1-12-7-20(39-13(2)25(12)33)40-18-9-29(37,19(32)11-31)8-15-16(10-30)23-24(28(36)22(15)18)27(35)21-14(26(23)34)5-4-6-17(21)38-3/h4-6,10,12-13,18,20,25,31,33,36-37H,7-9,11H2,1-3H3. The third-order valence-electron chi connectivity index (χ3n) is 8.24. The van der Waals surface area contributed by atoms with Crippen LogP contribution >= 0.6 is 0 Å². The summed E-state index contributed by atoms with van der Waals surface area (Å²) in [5.41, 5.74) is -3.41. The van der Waals surface area contributed by atoms with Crippen molar-refractivity contribution >= 4 is 23.6 Å². The number of aldehydes is 1. The van der Waals surface area contributed by atoms with Crippen LogP contribution in [0.25, 0.3) is 0 Å². The number of methoxy groups -OCH3 is 1. The van der Waals surface area contributed by atoms with Crippen LogP contribution in [0.1, 0.15) is 86.1 Å². The van der Waals surface area contributed by atoms with Crippen LogP contribution in [0.3, 0.4) is 0 Å². The predicted octanol–water partition coefficient (Wildman–Crippen LogP) is 1.42. The zero-order valence-corrected chi connectivity index (χ0v) is 22.2. The Kier molecular flexibility index (Phi) is 7.13. The van der Waals surface area contributed by atoms with Crippen LogP contribution in [0, 0.1) is 5.92 Å². The van der Waals surface area contributed by atoms with Gasteiger partial charge in [0.05, 0.1) is 36.5 Å². The number of ketones is 3. The highest BCUT2D eigenvalue weighted by molar-refractivity contribution is 6.32. The summed E-state index contributed by atoms with van der Waals surface area (Å²) in [6, 6.07) is 4.41. The second kappa shape index (κ2) is 10.2. The molecule has 0 saturated carbocycles. The van der Waals surface area contributed by atoms with Crippen LogP contribution in [-0.2, 0) is 20.7 Å². The SMILES string of the molecule is COc1cccc2c1C(=O)c1c(O)c3c(c(C=O)c1C2=O)CC(O)(C(=O)CO)CC3OC1CC(C)C(O)C(C)O1. The van der Waals surface area contributed by atoms with Crippen molar-refractivity contribution in [3.05, 3.63) is 57.1 Å². The van der Waals surface area contributed by atoms with Gasteiger partial charge in [0.1, 0.15) is 23.7 Å². The summed E-state index contributed by atoms with van der Waals surface area (Å²) >= 11 is 0. The normalized spacial score (nSPS) is 29.3. The molecule has 6 unspecified atom stereocenters. The number of phenolic OH excluding ortho intramolecular Hbond substituents is 1. The second-order valence-electron chi connectivity index (χ2n) is 10.7. The molecule has 212 valence electrons. The first-order chi connectivity index (χ1) is 19.0. The number of Topliss-reactive ketones (excluding diaryl/α,β-unsaturated/α-hetero) is 1. The number of hydrogen-bond donors (Lipinski definition) is 4. The zero-order valence-electron chi connectivity index (χ0n) is 22.2. The maximum Gasteiger partial charge on any atom is 0.202 e. The molecule has 6 atom stereocenters. The van der Waals surface area contributed by atoms with E-state index >= 15 is 0 Å². The van der Waals surface area contributed by atoms with Crippen LogP contribution in [0.5, 0.6) is 11.5 Å². The van der Waals surface area contributed by atoms with E-state index in [0.717, 1.165) is 0 Å². The third-order valence-corrected chi connectivity index (χ3v) is 8.24. The third kappa shape index (κ3) is 4.16. The predicted molar refractivity (Wildman–Crippen MR) is 137 cm³/mol. The average Bonchev–Trinajstić information content (AvgIpc) is 2.93. The molecule has 1 heterocycles. The first-order valence-electron chi connectivity index (χ1n) is 13.0. The summed E-state index contributed by atoms with van der Waals surface area (Å²) in [7, 11) is 1.33. The highest BCUT2D eigenvalue weighted by atomic mass is 16.7. The Morgan fingerprint density at radius 2 is 1.90 bits per heavy atom. The van der Waals surface area contributed by atoms with Crippen LogP contribution in [0.4, 0.5) is 0 Å². The monoisotopic (exact) mass is 554 g/mol. The fourth-order valence-corrected chi connectivity index (χ4v) is 6.14. The van der Waals surface area contributed by atoms with Crippen molar-refractivity contribution in [2.75, 3.05) is 13.7 Å². The minimum Gasteiger partial charge on any atom is -0.507 e. The number of ether oxygens (including phenoxy) is 3. The number of fused-ring (bicyclic) bond motifs is 3. The molecule has 0 radical (unpaired) electrons. The quantitative estimate of drug-likeness (QED) is 0.324. The van der Waals surface area contributed by atoms with E-state index in [1.165, 1.54) is 25.3 Å². The molecule has 1 fully saturated rings. The van der Waals surface area contributed by atoms with Crippen LogP contribution in [0.2, 0.25) is 0 Å². The van der Waals surface area contributed by atoms with Gasteiger partial charge in [0.15, 0.2) is 24.1 Å². The molecule has 11 nitrogen and oxygen atoms in total. The van der Waals surface area contributed by atoms with E-state index < -0.39 is 78.3 Å². The number of aromatic hydroxyl groups is 1. The minimum absolute atomic E-state index is 0.0262. The molecular weight excluding hydrogens is 524 g/mol. The van der Waals surface area contributed by atoms with Crippen molar-refractivity contribution in [1.82, 2.24) is 0 Å². The van der Waals surface area contributed by atoms with Crippen molar-refractivity contribution in [3.63, 3.8) is 0 Å². The van der Waals surface area contributed by atoms with E-state index in [9.17, 15) is 39.6 Å². The summed E-state index contributed by atoms with van der Waals surface area (Å²) in [5.74, 6) is -3.14. The van der Waals surface area contributed by atoms with Gasteiger partial charge in [0.2, 0.25) is 5.78 Å². The summed E-state index contributed by atoms with van der Waals surface area (Å²) in [6.07, 6.45) is -3.96. The molecule has 0 aromatic heterocycles. The lowest BCUT2D eigenvalue weighted by atomic mass is 9.70. The topological polar surface area (TPSA) is 177 Å². The van der Waals surface area contributed by atoms with Crippen molar-refractivity contribution in [2.24, 2.45) is 5.92 Å². The number of hydrogen-bond acceptors (Lipinski definition) is 11. The smallest absolute Gasteiger partial charge is 0.202 e.